The largest absolute Gasteiger partial charge is 0.364 e. The van der Waals surface area contributed by atoms with Crippen LogP contribution in [0.4, 0.5) is 0 Å². The fourth-order valence-electron chi connectivity index (χ4n) is 1.16. The Labute approximate surface area is 89.9 Å². The molecular formula is C9H16N2O3S. The Morgan fingerprint density at radius 2 is 2.27 bits per heavy atom. The van der Waals surface area contributed by atoms with Gasteiger partial charge in [-0.25, -0.2) is 13.1 Å². The molecule has 0 spiro atoms. The summed E-state index contributed by atoms with van der Waals surface area (Å²) in [6, 6.07) is 1.55. The van der Waals surface area contributed by atoms with Crippen molar-refractivity contribution in [1.29, 1.82) is 0 Å². The van der Waals surface area contributed by atoms with E-state index >= 15 is 0 Å². The molecule has 0 bridgehead atoms. The van der Waals surface area contributed by atoms with Crippen LogP contribution in [-0.2, 0) is 15.8 Å². The van der Waals surface area contributed by atoms with Crippen molar-refractivity contribution in [3.05, 3.63) is 18.0 Å². The van der Waals surface area contributed by atoms with E-state index in [1.165, 1.54) is 6.26 Å². The van der Waals surface area contributed by atoms with Crippen LogP contribution < -0.4 is 4.72 Å². The summed E-state index contributed by atoms with van der Waals surface area (Å²) in [5.41, 5.74) is 0.429. The molecular weight excluding hydrogens is 216 g/mol. The van der Waals surface area contributed by atoms with E-state index < -0.39 is 10.0 Å². The van der Waals surface area contributed by atoms with Crippen LogP contribution in [0.3, 0.4) is 0 Å². The quantitative estimate of drug-likeness (QED) is 0.719. The molecule has 0 amide bonds. The van der Waals surface area contributed by atoms with Crippen LogP contribution in [0.15, 0.2) is 16.9 Å². The van der Waals surface area contributed by atoms with Crippen LogP contribution in [0.25, 0.3) is 0 Å². The van der Waals surface area contributed by atoms with E-state index in [-0.39, 0.29) is 5.75 Å². The fourth-order valence-corrected chi connectivity index (χ4v) is 2.26. The van der Waals surface area contributed by atoms with Crippen molar-refractivity contribution in [3.63, 3.8) is 0 Å². The molecule has 0 aromatic carbocycles. The predicted molar refractivity (Wildman–Crippen MR) is 56.7 cm³/mol. The van der Waals surface area contributed by atoms with E-state index in [4.69, 9.17) is 0 Å². The zero-order valence-corrected chi connectivity index (χ0v) is 9.59. The Kier molecular flexibility index (Phi) is 4.77. The molecule has 0 radical (unpaired) electrons. The van der Waals surface area contributed by atoms with Crippen molar-refractivity contribution in [2.75, 3.05) is 6.54 Å². The standard InChI is InChI=1S/C9H16N2O3S/c1-2-3-4-6-10-15(12,13)8-9-5-7-14-11-9/h5,7,10H,2-4,6,8H2,1H3. The van der Waals surface area contributed by atoms with Gasteiger partial charge in [0.1, 0.15) is 12.0 Å². The van der Waals surface area contributed by atoms with Crippen molar-refractivity contribution in [2.24, 2.45) is 0 Å². The molecule has 15 heavy (non-hydrogen) atoms. The lowest BCUT2D eigenvalue weighted by atomic mass is 10.3. The number of nitrogens with zero attached hydrogens (tertiary/aromatic N) is 1. The molecule has 1 N–H and O–H groups in total. The summed E-state index contributed by atoms with van der Waals surface area (Å²) in [5.74, 6) is -0.115. The first-order chi connectivity index (χ1) is 7.14. The number of sulfonamides is 1. The summed E-state index contributed by atoms with van der Waals surface area (Å²) in [6.07, 6.45) is 4.34. The van der Waals surface area contributed by atoms with Gasteiger partial charge in [-0.3, -0.25) is 0 Å². The summed E-state index contributed by atoms with van der Waals surface area (Å²) >= 11 is 0. The second-order valence-electron chi connectivity index (χ2n) is 3.35. The average Bonchev–Trinajstić information content (AvgIpc) is 2.64. The molecule has 1 heterocycles. The van der Waals surface area contributed by atoms with Crippen molar-refractivity contribution < 1.29 is 12.9 Å². The van der Waals surface area contributed by atoms with Gasteiger partial charge in [0.2, 0.25) is 10.0 Å². The molecule has 1 aromatic rings. The number of aromatic nitrogens is 1. The lowest BCUT2D eigenvalue weighted by Gasteiger charge is -2.03. The first kappa shape index (κ1) is 12.2. The smallest absolute Gasteiger partial charge is 0.217 e. The topological polar surface area (TPSA) is 72.2 Å². The first-order valence-electron chi connectivity index (χ1n) is 5.00. The molecule has 0 aliphatic carbocycles. The molecule has 0 saturated carbocycles. The van der Waals surface area contributed by atoms with E-state index in [0.717, 1.165) is 19.3 Å². The van der Waals surface area contributed by atoms with Gasteiger partial charge < -0.3 is 4.52 Å². The van der Waals surface area contributed by atoms with Crippen molar-refractivity contribution in [3.8, 4) is 0 Å². The Hall–Kier alpha value is -0.880. The maximum Gasteiger partial charge on any atom is 0.217 e. The summed E-state index contributed by atoms with van der Waals surface area (Å²) in [6.45, 7) is 2.57. The van der Waals surface area contributed by atoms with Gasteiger partial charge in [-0.1, -0.05) is 24.9 Å². The van der Waals surface area contributed by atoms with Gasteiger partial charge in [-0.05, 0) is 6.42 Å². The number of rotatable bonds is 7. The fraction of sp³-hybridized carbons (Fsp3) is 0.667. The van der Waals surface area contributed by atoms with Gasteiger partial charge in [0.15, 0.2) is 0 Å². The SMILES string of the molecule is CCCCCNS(=O)(=O)Cc1ccon1. The predicted octanol–water partition coefficient (Wildman–Crippen LogP) is 1.28. The zero-order chi connectivity index (χ0) is 11.1. The van der Waals surface area contributed by atoms with Gasteiger partial charge in [0, 0.05) is 12.6 Å². The molecule has 0 aliphatic rings. The Morgan fingerprint density at radius 3 is 2.87 bits per heavy atom. The Bertz CT molecular complexity index is 359. The minimum Gasteiger partial charge on any atom is -0.364 e. The van der Waals surface area contributed by atoms with Gasteiger partial charge >= 0.3 is 0 Å². The van der Waals surface area contributed by atoms with Crippen molar-refractivity contribution >= 4 is 10.0 Å². The maximum atomic E-state index is 11.5. The van der Waals surface area contributed by atoms with Crippen LogP contribution in [-0.4, -0.2) is 20.1 Å². The van der Waals surface area contributed by atoms with Crippen LogP contribution >= 0.6 is 0 Å². The van der Waals surface area contributed by atoms with Gasteiger partial charge in [0.25, 0.3) is 0 Å². The molecule has 86 valence electrons. The maximum absolute atomic E-state index is 11.5. The zero-order valence-electron chi connectivity index (χ0n) is 8.77. The van der Waals surface area contributed by atoms with E-state index in [1.807, 2.05) is 0 Å². The monoisotopic (exact) mass is 232 g/mol. The molecule has 0 saturated heterocycles. The van der Waals surface area contributed by atoms with Crippen LogP contribution in [0.1, 0.15) is 31.9 Å². The molecule has 5 nitrogen and oxygen atoms in total. The summed E-state index contributed by atoms with van der Waals surface area (Å²) in [4.78, 5) is 0. The summed E-state index contributed by atoms with van der Waals surface area (Å²) < 4.78 is 30.0. The number of nitrogens with one attached hydrogen (secondary N) is 1. The third kappa shape index (κ3) is 4.94. The Balaban J connectivity index is 2.33. The molecule has 0 fully saturated rings. The third-order valence-corrected chi connectivity index (χ3v) is 3.25. The second kappa shape index (κ2) is 5.87. The molecule has 0 aliphatic heterocycles. The van der Waals surface area contributed by atoms with Crippen LogP contribution in [0.5, 0.6) is 0 Å². The first-order valence-corrected chi connectivity index (χ1v) is 6.66. The minimum atomic E-state index is -3.26. The third-order valence-electron chi connectivity index (χ3n) is 1.93. The number of unbranched alkanes of at least 4 members (excludes halogenated alkanes) is 2. The van der Waals surface area contributed by atoms with E-state index in [2.05, 4.69) is 21.3 Å². The average molecular weight is 232 g/mol. The van der Waals surface area contributed by atoms with Crippen LogP contribution in [0.2, 0.25) is 0 Å². The molecule has 1 rings (SSSR count). The highest BCUT2D eigenvalue weighted by atomic mass is 32.2. The van der Waals surface area contributed by atoms with E-state index in [9.17, 15) is 8.42 Å². The van der Waals surface area contributed by atoms with Gasteiger partial charge in [-0.15, -0.1) is 0 Å². The number of hydrogen-bond acceptors (Lipinski definition) is 4. The number of hydrogen-bond donors (Lipinski definition) is 1. The van der Waals surface area contributed by atoms with Gasteiger partial charge in [0.05, 0.1) is 5.69 Å². The van der Waals surface area contributed by atoms with E-state index in [0.29, 0.717) is 12.2 Å². The molecule has 6 heteroatoms. The van der Waals surface area contributed by atoms with Crippen molar-refractivity contribution in [2.45, 2.75) is 31.9 Å². The molecule has 1 aromatic heterocycles. The summed E-state index contributed by atoms with van der Waals surface area (Å²) in [7, 11) is -3.26. The lowest BCUT2D eigenvalue weighted by Crippen LogP contribution is -2.26. The normalized spacial score (nSPS) is 11.8. The molecule has 0 atom stereocenters. The molecule has 0 unspecified atom stereocenters. The highest BCUT2D eigenvalue weighted by molar-refractivity contribution is 7.88. The Morgan fingerprint density at radius 1 is 1.47 bits per heavy atom. The van der Waals surface area contributed by atoms with Crippen LogP contribution in [0, 0.1) is 0 Å². The second-order valence-corrected chi connectivity index (χ2v) is 5.16. The highest BCUT2D eigenvalue weighted by Gasteiger charge is 2.12. The van der Waals surface area contributed by atoms with Crippen molar-refractivity contribution in [1.82, 2.24) is 9.88 Å². The van der Waals surface area contributed by atoms with Gasteiger partial charge in [-0.2, -0.15) is 0 Å². The lowest BCUT2D eigenvalue weighted by molar-refractivity contribution is 0.413. The summed E-state index contributed by atoms with van der Waals surface area (Å²) in [5, 5.41) is 3.55. The highest BCUT2D eigenvalue weighted by Crippen LogP contribution is 2.01. The van der Waals surface area contributed by atoms with E-state index in [1.54, 1.807) is 6.07 Å². The minimum absolute atomic E-state index is 0.115.